The van der Waals surface area contributed by atoms with Crippen molar-refractivity contribution in [3.8, 4) is 16.9 Å². The maximum atomic E-state index is 12.5. The quantitative estimate of drug-likeness (QED) is 0.607. The summed E-state index contributed by atoms with van der Waals surface area (Å²) in [6.07, 6.45) is 0. The number of nitrogens with one attached hydrogen (secondary N) is 2. The highest BCUT2D eigenvalue weighted by Crippen LogP contribution is 2.31. The van der Waals surface area contributed by atoms with Gasteiger partial charge < -0.3 is 20.1 Å². The monoisotopic (exact) mass is 382 g/mol. The molecule has 1 aliphatic heterocycles. The Kier molecular flexibility index (Phi) is 5.76. The molecule has 1 heterocycles. The normalized spacial score (nSPS) is 16.4. The molecule has 6 heteroatoms. The predicted molar refractivity (Wildman–Crippen MR) is 109 cm³/mol. The number of benzene rings is 2. The van der Waals surface area contributed by atoms with Gasteiger partial charge >= 0.3 is 5.97 Å². The maximum Gasteiger partial charge on any atom is 0.338 e. The highest BCUT2D eigenvalue weighted by molar-refractivity contribution is 7.80. The van der Waals surface area contributed by atoms with Crippen molar-refractivity contribution < 1.29 is 14.3 Å². The first-order valence-corrected chi connectivity index (χ1v) is 9.14. The van der Waals surface area contributed by atoms with Crippen molar-refractivity contribution in [1.82, 2.24) is 10.6 Å². The van der Waals surface area contributed by atoms with Crippen LogP contribution in [0, 0.1) is 0 Å². The average Bonchev–Trinajstić information content (AvgIpc) is 2.67. The van der Waals surface area contributed by atoms with E-state index in [0.29, 0.717) is 23.0 Å². The fraction of sp³-hybridized carbons (Fsp3) is 0.238. The van der Waals surface area contributed by atoms with Gasteiger partial charge in [-0.25, -0.2) is 4.79 Å². The number of ether oxygens (including phenoxy) is 2. The van der Waals surface area contributed by atoms with Crippen LogP contribution in [0.2, 0.25) is 0 Å². The minimum Gasteiger partial charge on any atom is -0.497 e. The molecule has 5 nitrogen and oxygen atoms in total. The van der Waals surface area contributed by atoms with Gasteiger partial charge in [0, 0.05) is 5.70 Å². The minimum absolute atomic E-state index is 0.318. The van der Waals surface area contributed by atoms with Gasteiger partial charge in [0.05, 0.1) is 25.3 Å². The van der Waals surface area contributed by atoms with Crippen molar-refractivity contribution in [2.45, 2.75) is 19.9 Å². The van der Waals surface area contributed by atoms with Crippen LogP contribution in [0.4, 0.5) is 0 Å². The van der Waals surface area contributed by atoms with Gasteiger partial charge in [-0.1, -0.05) is 30.3 Å². The first kappa shape index (κ1) is 18.9. The van der Waals surface area contributed by atoms with E-state index in [9.17, 15) is 4.79 Å². The SMILES string of the molecule is CCOC(=O)C1=C(C)NC(=S)NC1c1cccc(-c2ccc(OC)cc2)c1. The second kappa shape index (κ2) is 8.22. The molecule has 140 valence electrons. The lowest BCUT2D eigenvalue weighted by Crippen LogP contribution is -2.45. The van der Waals surface area contributed by atoms with Crippen molar-refractivity contribution in [3.63, 3.8) is 0 Å². The van der Waals surface area contributed by atoms with E-state index in [2.05, 4.69) is 16.7 Å². The Morgan fingerprint density at radius 1 is 1.15 bits per heavy atom. The van der Waals surface area contributed by atoms with E-state index in [4.69, 9.17) is 21.7 Å². The largest absolute Gasteiger partial charge is 0.497 e. The van der Waals surface area contributed by atoms with Crippen LogP contribution in [0.5, 0.6) is 5.75 Å². The van der Waals surface area contributed by atoms with Gasteiger partial charge in [0.15, 0.2) is 5.11 Å². The first-order chi connectivity index (χ1) is 13.0. The smallest absolute Gasteiger partial charge is 0.338 e. The molecular formula is C21H22N2O3S. The summed E-state index contributed by atoms with van der Waals surface area (Å²) in [4.78, 5) is 12.5. The van der Waals surface area contributed by atoms with Crippen LogP contribution in [0.25, 0.3) is 11.1 Å². The molecule has 2 N–H and O–H groups in total. The fourth-order valence-electron chi connectivity index (χ4n) is 3.10. The summed E-state index contributed by atoms with van der Waals surface area (Å²) in [6.45, 7) is 3.94. The number of allylic oxidation sites excluding steroid dienone is 1. The third kappa shape index (κ3) is 4.11. The van der Waals surface area contributed by atoms with Crippen LogP contribution in [-0.2, 0) is 9.53 Å². The Balaban J connectivity index is 1.99. The van der Waals surface area contributed by atoms with E-state index in [1.807, 2.05) is 49.4 Å². The zero-order valence-electron chi connectivity index (χ0n) is 15.5. The molecule has 0 spiro atoms. The third-order valence-corrected chi connectivity index (χ3v) is 4.63. The molecule has 0 bridgehead atoms. The molecule has 0 saturated heterocycles. The molecule has 0 aromatic heterocycles. The molecule has 2 aromatic rings. The van der Waals surface area contributed by atoms with Crippen molar-refractivity contribution in [2.75, 3.05) is 13.7 Å². The highest BCUT2D eigenvalue weighted by atomic mass is 32.1. The summed E-state index contributed by atoms with van der Waals surface area (Å²) in [5, 5.41) is 6.69. The Hall–Kier alpha value is -2.86. The summed E-state index contributed by atoms with van der Waals surface area (Å²) < 4.78 is 10.5. The van der Waals surface area contributed by atoms with E-state index in [1.165, 1.54) is 0 Å². The average molecular weight is 382 g/mol. The zero-order valence-corrected chi connectivity index (χ0v) is 16.4. The lowest BCUT2D eigenvalue weighted by molar-refractivity contribution is -0.139. The molecule has 1 unspecified atom stereocenters. The minimum atomic E-state index is -0.365. The van der Waals surface area contributed by atoms with E-state index >= 15 is 0 Å². The van der Waals surface area contributed by atoms with Gasteiger partial charge in [-0.05, 0) is 61.0 Å². The molecule has 3 rings (SSSR count). The molecule has 27 heavy (non-hydrogen) atoms. The second-order valence-corrected chi connectivity index (χ2v) is 6.55. The maximum absolute atomic E-state index is 12.5. The van der Waals surface area contributed by atoms with Crippen LogP contribution < -0.4 is 15.4 Å². The summed E-state index contributed by atoms with van der Waals surface area (Å²) >= 11 is 5.30. The first-order valence-electron chi connectivity index (χ1n) is 8.73. The lowest BCUT2D eigenvalue weighted by Gasteiger charge is -2.30. The number of carbonyl (C=O) groups excluding carboxylic acids is 1. The molecule has 0 fully saturated rings. The molecule has 0 amide bonds. The summed E-state index contributed by atoms with van der Waals surface area (Å²) in [7, 11) is 1.65. The van der Waals surface area contributed by atoms with Crippen LogP contribution in [0.3, 0.4) is 0 Å². The topological polar surface area (TPSA) is 59.6 Å². The molecule has 0 aliphatic carbocycles. The summed E-state index contributed by atoms with van der Waals surface area (Å²) in [5.74, 6) is 0.459. The van der Waals surface area contributed by atoms with Crippen molar-refractivity contribution in [1.29, 1.82) is 0 Å². The molecular weight excluding hydrogens is 360 g/mol. The Morgan fingerprint density at radius 2 is 1.89 bits per heavy atom. The van der Waals surface area contributed by atoms with Gasteiger partial charge in [0.2, 0.25) is 0 Å². The summed E-state index contributed by atoms with van der Waals surface area (Å²) in [6, 6.07) is 15.5. The molecule has 1 aliphatic rings. The zero-order chi connectivity index (χ0) is 19.4. The van der Waals surface area contributed by atoms with Gasteiger partial charge in [-0.3, -0.25) is 0 Å². The Bertz CT molecular complexity index is 891. The van der Waals surface area contributed by atoms with Crippen molar-refractivity contribution in [3.05, 3.63) is 65.4 Å². The summed E-state index contributed by atoms with van der Waals surface area (Å²) in [5.41, 5.74) is 4.29. The fourth-order valence-corrected chi connectivity index (χ4v) is 3.38. The second-order valence-electron chi connectivity index (χ2n) is 6.14. The van der Waals surface area contributed by atoms with Crippen LogP contribution in [-0.4, -0.2) is 24.8 Å². The molecule has 0 radical (unpaired) electrons. The molecule has 2 aromatic carbocycles. The van der Waals surface area contributed by atoms with Gasteiger partial charge in [0.1, 0.15) is 5.75 Å². The number of carbonyl (C=O) groups is 1. The number of esters is 1. The van der Waals surface area contributed by atoms with E-state index in [1.54, 1.807) is 14.0 Å². The van der Waals surface area contributed by atoms with E-state index in [-0.39, 0.29) is 12.0 Å². The van der Waals surface area contributed by atoms with Gasteiger partial charge in [0.25, 0.3) is 0 Å². The number of methoxy groups -OCH3 is 1. The molecule has 1 atom stereocenters. The number of rotatable bonds is 5. The van der Waals surface area contributed by atoms with Crippen LogP contribution in [0.1, 0.15) is 25.5 Å². The Labute approximate surface area is 164 Å². The molecule has 0 saturated carbocycles. The predicted octanol–water partition coefficient (Wildman–Crippen LogP) is 3.72. The van der Waals surface area contributed by atoms with Gasteiger partial charge in [-0.2, -0.15) is 0 Å². The Morgan fingerprint density at radius 3 is 2.56 bits per heavy atom. The van der Waals surface area contributed by atoms with Crippen molar-refractivity contribution in [2.24, 2.45) is 0 Å². The highest BCUT2D eigenvalue weighted by Gasteiger charge is 2.30. The lowest BCUT2D eigenvalue weighted by atomic mass is 9.93. The number of hydrogen-bond donors (Lipinski definition) is 2. The van der Waals surface area contributed by atoms with Crippen molar-refractivity contribution >= 4 is 23.3 Å². The van der Waals surface area contributed by atoms with Gasteiger partial charge in [-0.15, -0.1) is 0 Å². The third-order valence-electron chi connectivity index (χ3n) is 4.41. The van der Waals surface area contributed by atoms with Crippen LogP contribution in [0.15, 0.2) is 59.8 Å². The van der Waals surface area contributed by atoms with E-state index in [0.717, 1.165) is 22.4 Å². The number of hydrogen-bond acceptors (Lipinski definition) is 4. The van der Waals surface area contributed by atoms with E-state index < -0.39 is 0 Å². The van der Waals surface area contributed by atoms with Crippen LogP contribution >= 0.6 is 12.2 Å². The number of thiocarbonyl (C=S) groups is 1. The standard InChI is InChI=1S/C21H22N2O3S/c1-4-26-20(24)18-13(2)22-21(27)23-19(18)16-7-5-6-15(12-16)14-8-10-17(25-3)11-9-14/h5-12,19H,4H2,1-3H3,(H2,22,23,27).